The fourth-order valence-electron chi connectivity index (χ4n) is 2.50. The topological polar surface area (TPSA) is 73.2 Å². The number of aryl methyl sites for hydroxylation is 1. The lowest BCUT2D eigenvalue weighted by molar-refractivity contribution is -0.116. The van der Waals surface area contributed by atoms with E-state index in [1.807, 2.05) is 12.1 Å². The smallest absolute Gasteiger partial charge is 0.261 e. The summed E-state index contributed by atoms with van der Waals surface area (Å²) in [6.45, 7) is 0.233. The summed E-state index contributed by atoms with van der Waals surface area (Å²) in [6, 6.07) is 10.7. The predicted octanol–water partition coefficient (Wildman–Crippen LogP) is 3.96. The molecule has 3 rings (SSSR count). The number of amides is 1. The number of halogens is 2. The van der Waals surface area contributed by atoms with E-state index in [0.29, 0.717) is 22.3 Å². The van der Waals surface area contributed by atoms with Gasteiger partial charge in [-0.2, -0.15) is 0 Å². The third-order valence-corrected chi connectivity index (χ3v) is 4.79. The van der Waals surface area contributed by atoms with Gasteiger partial charge in [-0.25, -0.2) is 4.98 Å². The first-order chi connectivity index (χ1) is 12.5. The first-order valence-electron chi connectivity index (χ1n) is 7.76. The number of ether oxygens (including phenoxy) is 1. The van der Waals surface area contributed by atoms with Crippen LogP contribution in [0.1, 0.15) is 6.42 Å². The number of carbonyl (C=O) groups excluding carboxylic acids is 1. The minimum atomic E-state index is -0.220. The number of hydrogen-bond acceptors (Lipinski definition) is 4. The molecule has 0 saturated carbocycles. The lowest BCUT2D eigenvalue weighted by atomic mass is 10.2. The maximum atomic E-state index is 12.5. The van der Waals surface area contributed by atoms with Crippen molar-refractivity contribution in [2.24, 2.45) is 0 Å². The van der Waals surface area contributed by atoms with Gasteiger partial charge in [-0.15, -0.1) is 0 Å². The van der Waals surface area contributed by atoms with Gasteiger partial charge in [0.15, 0.2) is 0 Å². The molecule has 0 aliphatic heterocycles. The van der Waals surface area contributed by atoms with E-state index in [1.54, 1.807) is 24.3 Å². The van der Waals surface area contributed by atoms with Gasteiger partial charge in [0, 0.05) is 21.9 Å². The molecule has 0 unspecified atom stereocenters. The normalized spacial score (nSPS) is 10.7. The molecule has 0 spiro atoms. The predicted molar refractivity (Wildman–Crippen MR) is 108 cm³/mol. The van der Waals surface area contributed by atoms with Gasteiger partial charge < -0.3 is 10.1 Å². The van der Waals surface area contributed by atoms with Crippen molar-refractivity contribution in [1.29, 1.82) is 0 Å². The van der Waals surface area contributed by atoms with Crippen LogP contribution in [0, 0.1) is 0 Å². The second kappa shape index (κ2) is 8.01. The van der Waals surface area contributed by atoms with Crippen molar-refractivity contribution < 1.29 is 9.53 Å². The quantitative estimate of drug-likeness (QED) is 0.599. The fraction of sp³-hybridized carbons (Fsp3) is 0.167. The Morgan fingerprint density at radius 3 is 2.69 bits per heavy atom. The second-order valence-electron chi connectivity index (χ2n) is 5.55. The van der Waals surface area contributed by atoms with Crippen molar-refractivity contribution in [3.8, 4) is 5.75 Å². The van der Waals surface area contributed by atoms with E-state index in [2.05, 4.69) is 42.2 Å². The third kappa shape index (κ3) is 4.13. The van der Waals surface area contributed by atoms with E-state index >= 15 is 0 Å². The summed E-state index contributed by atoms with van der Waals surface area (Å²) in [7, 11) is 1.54. The van der Waals surface area contributed by atoms with Crippen LogP contribution in [0.4, 0.5) is 5.69 Å². The fourth-order valence-corrected chi connectivity index (χ4v) is 3.23. The molecule has 3 aromatic rings. The largest absolute Gasteiger partial charge is 0.495 e. The molecule has 1 heterocycles. The minimum Gasteiger partial charge on any atom is -0.495 e. The van der Waals surface area contributed by atoms with Crippen molar-refractivity contribution in [1.82, 2.24) is 9.55 Å². The Labute approximate surface area is 166 Å². The molecule has 2 aromatic carbocycles. The molecule has 1 aromatic heterocycles. The Hall–Kier alpha value is -2.19. The zero-order chi connectivity index (χ0) is 18.7. The van der Waals surface area contributed by atoms with Gasteiger partial charge in [0.25, 0.3) is 5.56 Å². The highest BCUT2D eigenvalue weighted by Gasteiger charge is 2.10. The number of methoxy groups -OCH3 is 1. The van der Waals surface area contributed by atoms with Gasteiger partial charge in [-0.05, 0) is 36.4 Å². The Kier molecular flexibility index (Phi) is 5.73. The van der Waals surface area contributed by atoms with Crippen LogP contribution in [0.25, 0.3) is 10.9 Å². The number of benzene rings is 2. The summed E-state index contributed by atoms with van der Waals surface area (Å²) in [5.74, 6) is 0.346. The van der Waals surface area contributed by atoms with Crippen LogP contribution in [0.5, 0.6) is 5.75 Å². The summed E-state index contributed by atoms with van der Waals surface area (Å²) >= 11 is 6.72. The van der Waals surface area contributed by atoms with Crippen LogP contribution < -0.4 is 15.6 Å². The SMILES string of the molecule is COc1ccc(Br)cc1NC(=O)CCn1cnc2ccc(Br)cc2c1=O. The molecule has 6 nitrogen and oxygen atoms in total. The van der Waals surface area contributed by atoms with E-state index in [-0.39, 0.29) is 24.4 Å². The molecule has 1 amide bonds. The minimum absolute atomic E-state index is 0.136. The van der Waals surface area contributed by atoms with Gasteiger partial charge in [-0.1, -0.05) is 31.9 Å². The van der Waals surface area contributed by atoms with E-state index in [1.165, 1.54) is 18.0 Å². The maximum Gasteiger partial charge on any atom is 0.261 e. The molecular formula is C18H15Br2N3O3. The summed E-state index contributed by atoms with van der Waals surface area (Å²) in [5.41, 5.74) is 1.02. The standard InChI is InChI=1S/C18H15Br2N3O3/c1-26-16-5-3-12(20)9-15(16)22-17(24)6-7-23-10-21-14-4-2-11(19)8-13(14)18(23)25/h2-5,8-10H,6-7H2,1H3,(H,22,24). The number of carbonyl (C=O) groups is 1. The Morgan fingerprint density at radius 1 is 1.19 bits per heavy atom. The number of rotatable bonds is 5. The summed E-state index contributed by atoms with van der Waals surface area (Å²) in [6.07, 6.45) is 1.60. The van der Waals surface area contributed by atoms with Crippen molar-refractivity contribution >= 4 is 54.4 Å². The van der Waals surface area contributed by atoms with Crippen LogP contribution in [0.15, 0.2) is 56.5 Å². The number of fused-ring (bicyclic) bond motifs is 1. The molecule has 1 N–H and O–H groups in total. The molecule has 26 heavy (non-hydrogen) atoms. The first-order valence-corrected chi connectivity index (χ1v) is 9.34. The van der Waals surface area contributed by atoms with Crippen LogP contribution in [-0.4, -0.2) is 22.6 Å². The molecular weight excluding hydrogens is 466 g/mol. The molecule has 0 atom stereocenters. The monoisotopic (exact) mass is 479 g/mol. The lowest BCUT2D eigenvalue weighted by Crippen LogP contribution is -2.23. The van der Waals surface area contributed by atoms with Crippen molar-refractivity contribution in [3.63, 3.8) is 0 Å². The van der Waals surface area contributed by atoms with Gasteiger partial charge in [-0.3, -0.25) is 14.2 Å². The van der Waals surface area contributed by atoms with E-state index < -0.39 is 0 Å². The Balaban J connectivity index is 1.74. The third-order valence-electron chi connectivity index (χ3n) is 3.80. The molecule has 8 heteroatoms. The number of nitrogens with zero attached hydrogens (tertiary/aromatic N) is 2. The molecule has 0 saturated heterocycles. The average molecular weight is 481 g/mol. The zero-order valence-corrected chi connectivity index (χ0v) is 17.0. The highest BCUT2D eigenvalue weighted by Crippen LogP contribution is 2.28. The number of nitrogens with one attached hydrogen (secondary N) is 1. The van der Waals surface area contributed by atoms with Crippen LogP contribution in [0.2, 0.25) is 0 Å². The second-order valence-corrected chi connectivity index (χ2v) is 7.38. The molecule has 0 bridgehead atoms. The van der Waals surface area contributed by atoms with E-state index in [9.17, 15) is 9.59 Å². The van der Waals surface area contributed by atoms with Crippen LogP contribution >= 0.6 is 31.9 Å². The Morgan fingerprint density at radius 2 is 1.92 bits per heavy atom. The van der Waals surface area contributed by atoms with E-state index in [4.69, 9.17) is 4.74 Å². The molecule has 134 valence electrons. The van der Waals surface area contributed by atoms with Gasteiger partial charge >= 0.3 is 0 Å². The summed E-state index contributed by atoms with van der Waals surface area (Å²) in [4.78, 5) is 29.1. The first kappa shape index (κ1) is 18.6. The van der Waals surface area contributed by atoms with Crippen LogP contribution in [-0.2, 0) is 11.3 Å². The maximum absolute atomic E-state index is 12.5. The molecule has 0 aliphatic carbocycles. The zero-order valence-electron chi connectivity index (χ0n) is 13.8. The Bertz CT molecular complexity index is 1030. The summed E-state index contributed by atoms with van der Waals surface area (Å²) < 4.78 is 8.31. The van der Waals surface area contributed by atoms with Crippen molar-refractivity contribution in [2.75, 3.05) is 12.4 Å². The van der Waals surface area contributed by atoms with Gasteiger partial charge in [0.1, 0.15) is 5.75 Å². The van der Waals surface area contributed by atoms with Gasteiger partial charge in [0.2, 0.25) is 5.91 Å². The number of aromatic nitrogens is 2. The molecule has 0 aliphatic rings. The summed E-state index contributed by atoms with van der Waals surface area (Å²) in [5, 5.41) is 3.31. The highest BCUT2D eigenvalue weighted by atomic mass is 79.9. The van der Waals surface area contributed by atoms with Crippen molar-refractivity contribution in [2.45, 2.75) is 13.0 Å². The van der Waals surface area contributed by atoms with Crippen LogP contribution in [0.3, 0.4) is 0 Å². The van der Waals surface area contributed by atoms with E-state index in [0.717, 1.165) is 8.95 Å². The van der Waals surface area contributed by atoms with Gasteiger partial charge in [0.05, 0.1) is 30.0 Å². The molecule has 0 radical (unpaired) electrons. The average Bonchev–Trinajstić information content (AvgIpc) is 2.62. The lowest BCUT2D eigenvalue weighted by Gasteiger charge is -2.11. The molecule has 0 fully saturated rings. The highest BCUT2D eigenvalue weighted by molar-refractivity contribution is 9.10. The number of hydrogen-bond donors (Lipinski definition) is 1. The van der Waals surface area contributed by atoms with Crippen molar-refractivity contribution in [3.05, 3.63) is 62.0 Å². The number of anilines is 1.